The molecule has 0 unspecified atom stereocenters. The molecule has 0 fully saturated rings. The summed E-state index contributed by atoms with van der Waals surface area (Å²) >= 11 is 0. The minimum Gasteiger partial charge on any atom is -0.363 e. The number of nitrogens with zero attached hydrogens (tertiary/aromatic N) is 1. The van der Waals surface area contributed by atoms with E-state index in [-0.39, 0.29) is 16.2 Å². The van der Waals surface area contributed by atoms with Gasteiger partial charge in [0.05, 0.1) is 5.75 Å². The van der Waals surface area contributed by atoms with Crippen LogP contribution in [0.15, 0.2) is 21.9 Å². The normalized spacial score (nSPS) is 13.2. The topological polar surface area (TPSA) is 60.2 Å². The third-order valence-corrected chi connectivity index (χ3v) is 3.45. The molecule has 0 bridgehead atoms. The third-order valence-electron chi connectivity index (χ3n) is 1.36. The summed E-state index contributed by atoms with van der Waals surface area (Å²) < 4.78 is 27.7. The first-order chi connectivity index (χ1) is 5.81. The Hall–Kier alpha value is -0.840. The van der Waals surface area contributed by atoms with E-state index in [0.29, 0.717) is 0 Å². The number of hydrogen-bond donors (Lipinski definition) is 0. The average Bonchev–Trinajstić information content (AvgIpc) is 2.29. The molecule has 0 aliphatic rings. The third kappa shape index (κ3) is 2.84. The molecular weight excluding hydrogens is 190 g/mol. The fraction of sp³-hybridized carbons (Fsp3) is 0.625. The molecule has 5 heteroatoms. The zero-order valence-electron chi connectivity index (χ0n) is 7.94. The van der Waals surface area contributed by atoms with Crippen molar-refractivity contribution in [3.05, 3.63) is 12.3 Å². The molecule has 1 heterocycles. The molecular formula is C8H13NO3S. The molecule has 0 aliphatic heterocycles. The molecule has 1 aromatic heterocycles. The van der Waals surface area contributed by atoms with E-state index in [1.54, 1.807) is 0 Å². The Labute approximate surface area is 77.8 Å². The van der Waals surface area contributed by atoms with Gasteiger partial charge >= 0.3 is 0 Å². The molecule has 0 spiro atoms. The lowest BCUT2D eigenvalue weighted by atomic mass is 10.0. The minimum atomic E-state index is -3.28. The molecule has 74 valence electrons. The van der Waals surface area contributed by atoms with Gasteiger partial charge < -0.3 is 4.52 Å². The maximum Gasteiger partial charge on any atom is 0.199 e. The largest absolute Gasteiger partial charge is 0.363 e. The summed E-state index contributed by atoms with van der Waals surface area (Å²) in [5.74, 6) is 0.0759. The van der Waals surface area contributed by atoms with Crippen LogP contribution in [-0.4, -0.2) is 19.3 Å². The highest BCUT2D eigenvalue weighted by atomic mass is 32.2. The highest BCUT2D eigenvalue weighted by Gasteiger charge is 2.25. The molecule has 0 saturated carbocycles. The van der Waals surface area contributed by atoms with Gasteiger partial charge in [-0.1, -0.05) is 25.9 Å². The van der Waals surface area contributed by atoms with Gasteiger partial charge in [0, 0.05) is 6.07 Å². The lowest BCUT2D eigenvalue weighted by Crippen LogP contribution is -2.20. The number of hydrogen-bond acceptors (Lipinski definition) is 4. The van der Waals surface area contributed by atoms with Crippen LogP contribution < -0.4 is 0 Å². The van der Waals surface area contributed by atoms with Gasteiger partial charge in [0.2, 0.25) is 0 Å². The second-order valence-corrected chi connectivity index (χ2v) is 6.09. The predicted octanol–water partition coefficient (Wildman–Crippen LogP) is 1.49. The van der Waals surface area contributed by atoms with E-state index in [2.05, 4.69) is 9.68 Å². The SMILES string of the molecule is CC(C)(C)CS(=O)(=O)c1ccon1. The van der Waals surface area contributed by atoms with Gasteiger partial charge in [-0.3, -0.25) is 0 Å². The Morgan fingerprint density at radius 1 is 1.46 bits per heavy atom. The van der Waals surface area contributed by atoms with Crippen molar-refractivity contribution in [3.63, 3.8) is 0 Å². The van der Waals surface area contributed by atoms with Gasteiger partial charge in [0.15, 0.2) is 14.9 Å². The van der Waals surface area contributed by atoms with E-state index < -0.39 is 9.84 Å². The minimum absolute atomic E-state index is 0.0161. The van der Waals surface area contributed by atoms with Crippen molar-refractivity contribution in [2.24, 2.45) is 5.41 Å². The molecule has 13 heavy (non-hydrogen) atoms. The first-order valence-corrected chi connectivity index (χ1v) is 5.60. The molecule has 4 nitrogen and oxygen atoms in total. The Kier molecular flexibility index (Phi) is 2.47. The number of aromatic nitrogens is 1. The molecule has 0 amide bonds. The first-order valence-electron chi connectivity index (χ1n) is 3.94. The van der Waals surface area contributed by atoms with E-state index in [1.165, 1.54) is 12.3 Å². The van der Waals surface area contributed by atoms with Crippen LogP contribution in [0.4, 0.5) is 0 Å². The Morgan fingerprint density at radius 3 is 2.46 bits per heavy atom. The van der Waals surface area contributed by atoms with Crippen molar-refractivity contribution in [2.45, 2.75) is 25.8 Å². The molecule has 0 radical (unpaired) electrons. The average molecular weight is 203 g/mol. The standard InChI is InChI=1S/C8H13NO3S/c1-8(2,3)6-13(10,11)7-4-5-12-9-7/h4-5H,6H2,1-3H3. The molecule has 0 saturated heterocycles. The van der Waals surface area contributed by atoms with Crippen molar-refractivity contribution in [1.82, 2.24) is 5.16 Å². The van der Waals surface area contributed by atoms with Crippen LogP contribution in [0, 0.1) is 5.41 Å². The molecule has 0 aliphatic carbocycles. The number of rotatable bonds is 2. The van der Waals surface area contributed by atoms with Crippen LogP contribution in [0.3, 0.4) is 0 Å². The summed E-state index contributed by atoms with van der Waals surface area (Å²) in [4.78, 5) is 0. The zero-order valence-corrected chi connectivity index (χ0v) is 8.76. The summed E-state index contributed by atoms with van der Waals surface area (Å²) in [5.41, 5.74) is -0.266. The lowest BCUT2D eigenvalue weighted by molar-refractivity contribution is 0.398. The van der Waals surface area contributed by atoms with Crippen LogP contribution in [0.5, 0.6) is 0 Å². The van der Waals surface area contributed by atoms with E-state index in [1.807, 2.05) is 20.8 Å². The van der Waals surface area contributed by atoms with E-state index in [0.717, 1.165) is 0 Å². The number of sulfone groups is 1. The summed E-state index contributed by atoms with van der Waals surface area (Å²) in [5, 5.41) is 3.43. The van der Waals surface area contributed by atoms with Gasteiger partial charge in [-0.2, -0.15) is 0 Å². The Morgan fingerprint density at radius 2 is 2.08 bits per heavy atom. The van der Waals surface area contributed by atoms with Gasteiger partial charge in [-0.05, 0) is 5.41 Å². The summed E-state index contributed by atoms with van der Waals surface area (Å²) in [6.45, 7) is 5.60. The van der Waals surface area contributed by atoms with Crippen LogP contribution in [0.1, 0.15) is 20.8 Å². The highest BCUT2D eigenvalue weighted by Crippen LogP contribution is 2.20. The van der Waals surface area contributed by atoms with Crippen LogP contribution in [-0.2, 0) is 9.84 Å². The highest BCUT2D eigenvalue weighted by molar-refractivity contribution is 7.91. The molecule has 1 rings (SSSR count). The maximum absolute atomic E-state index is 11.6. The maximum atomic E-state index is 11.6. The van der Waals surface area contributed by atoms with Crippen molar-refractivity contribution >= 4 is 9.84 Å². The van der Waals surface area contributed by atoms with Gasteiger partial charge in [-0.25, -0.2) is 8.42 Å². The molecule has 0 atom stereocenters. The van der Waals surface area contributed by atoms with Crippen LogP contribution in [0.25, 0.3) is 0 Å². The summed E-state index contributed by atoms with van der Waals surface area (Å²) in [6, 6.07) is 1.36. The Balaban J connectivity index is 2.93. The van der Waals surface area contributed by atoms with Gasteiger partial charge in [-0.15, -0.1) is 0 Å². The Bertz CT molecular complexity index is 359. The van der Waals surface area contributed by atoms with Crippen LogP contribution in [0.2, 0.25) is 0 Å². The fourth-order valence-electron chi connectivity index (χ4n) is 1.01. The molecule has 0 aromatic carbocycles. The molecule has 0 N–H and O–H groups in total. The van der Waals surface area contributed by atoms with Gasteiger partial charge in [0.25, 0.3) is 0 Å². The monoisotopic (exact) mass is 203 g/mol. The summed E-state index contributed by atoms with van der Waals surface area (Å²) in [7, 11) is -3.28. The quantitative estimate of drug-likeness (QED) is 0.730. The van der Waals surface area contributed by atoms with E-state index >= 15 is 0 Å². The fourth-order valence-corrected chi connectivity index (χ4v) is 2.71. The smallest absolute Gasteiger partial charge is 0.199 e. The molecule has 1 aromatic rings. The predicted molar refractivity (Wildman–Crippen MR) is 48.0 cm³/mol. The van der Waals surface area contributed by atoms with Crippen LogP contribution >= 0.6 is 0 Å². The summed E-state index contributed by atoms with van der Waals surface area (Å²) in [6.07, 6.45) is 1.26. The second kappa shape index (κ2) is 3.14. The van der Waals surface area contributed by atoms with Crippen molar-refractivity contribution in [2.75, 3.05) is 5.75 Å². The van der Waals surface area contributed by atoms with E-state index in [9.17, 15) is 8.42 Å². The van der Waals surface area contributed by atoms with Crippen molar-refractivity contribution in [3.8, 4) is 0 Å². The first kappa shape index (κ1) is 10.2. The zero-order chi connectivity index (χ0) is 10.1. The lowest BCUT2D eigenvalue weighted by Gasteiger charge is -2.16. The van der Waals surface area contributed by atoms with Crippen molar-refractivity contribution in [1.29, 1.82) is 0 Å². The van der Waals surface area contributed by atoms with Gasteiger partial charge in [0.1, 0.15) is 6.26 Å². The second-order valence-electron chi connectivity index (χ2n) is 4.16. The van der Waals surface area contributed by atoms with E-state index in [4.69, 9.17) is 0 Å². The van der Waals surface area contributed by atoms with Crippen molar-refractivity contribution < 1.29 is 12.9 Å².